The van der Waals surface area contributed by atoms with Crippen molar-refractivity contribution in [1.29, 1.82) is 0 Å². The molecule has 0 spiro atoms. The van der Waals surface area contributed by atoms with Crippen molar-refractivity contribution in [1.82, 2.24) is 5.32 Å². The van der Waals surface area contributed by atoms with Crippen LogP contribution in [0.4, 0.5) is 5.69 Å². The molecule has 0 atom stereocenters. The number of para-hydroxylation sites is 1. The Labute approximate surface area is 96.5 Å². The van der Waals surface area contributed by atoms with Crippen LogP contribution in [-0.2, 0) is 11.2 Å². The topological polar surface area (TPSA) is 32.3 Å². The van der Waals surface area contributed by atoms with E-state index in [-0.39, 0.29) is 5.91 Å². The Morgan fingerprint density at radius 2 is 2.12 bits per heavy atom. The minimum Gasteiger partial charge on any atom is -0.320 e. The van der Waals surface area contributed by atoms with Crippen molar-refractivity contribution in [2.45, 2.75) is 19.3 Å². The van der Waals surface area contributed by atoms with Crippen molar-refractivity contribution in [2.24, 2.45) is 0 Å². The lowest BCUT2D eigenvalue weighted by molar-refractivity contribution is -0.118. The van der Waals surface area contributed by atoms with Crippen molar-refractivity contribution < 1.29 is 4.79 Å². The highest BCUT2D eigenvalue weighted by molar-refractivity contribution is 5.96. The van der Waals surface area contributed by atoms with E-state index in [1.165, 1.54) is 5.56 Å². The van der Waals surface area contributed by atoms with Gasteiger partial charge in [-0.05, 0) is 38.1 Å². The highest BCUT2D eigenvalue weighted by Gasteiger charge is 2.22. The van der Waals surface area contributed by atoms with Crippen molar-refractivity contribution in [3.63, 3.8) is 0 Å². The summed E-state index contributed by atoms with van der Waals surface area (Å²) in [5.41, 5.74) is 2.40. The maximum absolute atomic E-state index is 11.9. The Morgan fingerprint density at radius 1 is 1.31 bits per heavy atom. The van der Waals surface area contributed by atoms with Crippen molar-refractivity contribution in [2.75, 3.05) is 25.0 Å². The Balaban J connectivity index is 2.13. The van der Waals surface area contributed by atoms with Gasteiger partial charge in [0.15, 0.2) is 0 Å². The minimum atomic E-state index is 0.259. The molecule has 0 bridgehead atoms. The second-order valence-corrected chi connectivity index (χ2v) is 4.13. The molecule has 0 aliphatic carbocycles. The molecule has 0 fully saturated rings. The lowest BCUT2D eigenvalue weighted by atomic mass is 10.0. The first-order valence-corrected chi connectivity index (χ1v) is 5.86. The van der Waals surface area contributed by atoms with Crippen molar-refractivity contribution in [3.05, 3.63) is 29.8 Å². The summed E-state index contributed by atoms with van der Waals surface area (Å²) in [5.74, 6) is 0.259. The summed E-state index contributed by atoms with van der Waals surface area (Å²) >= 11 is 0. The van der Waals surface area contributed by atoms with Gasteiger partial charge in [0.05, 0.1) is 0 Å². The molecule has 1 aromatic carbocycles. The van der Waals surface area contributed by atoms with Gasteiger partial charge in [-0.15, -0.1) is 0 Å². The van der Waals surface area contributed by atoms with Gasteiger partial charge in [-0.3, -0.25) is 4.79 Å². The fourth-order valence-corrected chi connectivity index (χ4v) is 2.16. The molecule has 1 heterocycles. The van der Waals surface area contributed by atoms with Gasteiger partial charge in [0.2, 0.25) is 5.91 Å². The molecule has 0 saturated heterocycles. The zero-order chi connectivity index (χ0) is 11.4. The number of benzene rings is 1. The smallest absolute Gasteiger partial charge is 0.227 e. The number of rotatable bonds is 4. The first-order chi connectivity index (χ1) is 7.83. The molecule has 0 unspecified atom stereocenters. The number of carbonyl (C=O) groups is 1. The van der Waals surface area contributed by atoms with E-state index in [2.05, 4.69) is 11.4 Å². The summed E-state index contributed by atoms with van der Waals surface area (Å²) in [5, 5.41) is 3.11. The number of nitrogens with zero attached hydrogens (tertiary/aromatic N) is 1. The number of hydrogen-bond acceptors (Lipinski definition) is 2. The summed E-state index contributed by atoms with van der Waals surface area (Å²) in [7, 11) is 1.94. The van der Waals surface area contributed by atoms with Crippen LogP contribution in [0.1, 0.15) is 18.4 Å². The van der Waals surface area contributed by atoms with Crippen LogP contribution >= 0.6 is 0 Å². The maximum atomic E-state index is 11.9. The fraction of sp³-hybridized carbons (Fsp3) is 0.462. The Hall–Kier alpha value is -1.35. The van der Waals surface area contributed by atoms with E-state index in [0.717, 1.165) is 31.6 Å². The number of anilines is 1. The molecule has 1 aliphatic rings. The number of aryl methyl sites for hydroxylation is 1. The molecule has 16 heavy (non-hydrogen) atoms. The monoisotopic (exact) mass is 218 g/mol. The number of nitrogens with one attached hydrogen (secondary N) is 1. The normalized spacial score (nSPS) is 15.1. The zero-order valence-corrected chi connectivity index (χ0v) is 9.70. The van der Waals surface area contributed by atoms with Gasteiger partial charge in [-0.1, -0.05) is 18.2 Å². The quantitative estimate of drug-likeness (QED) is 0.778. The molecule has 86 valence electrons. The number of hydrogen-bond donors (Lipinski definition) is 1. The first kappa shape index (κ1) is 11.1. The number of fused-ring (bicyclic) bond motifs is 1. The van der Waals surface area contributed by atoms with Crippen molar-refractivity contribution in [3.8, 4) is 0 Å². The molecule has 3 heteroatoms. The van der Waals surface area contributed by atoms with Gasteiger partial charge in [0, 0.05) is 18.7 Å². The molecule has 0 radical (unpaired) electrons. The van der Waals surface area contributed by atoms with Crippen LogP contribution in [-0.4, -0.2) is 26.0 Å². The third-order valence-corrected chi connectivity index (χ3v) is 3.00. The lowest BCUT2D eigenvalue weighted by Gasteiger charge is -2.29. The van der Waals surface area contributed by atoms with Crippen molar-refractivity contribution >= 4 is 11.6 Å². The van der Waals surface area contributed by atoms with E-state index < -0.39 is 0 Å². The summed E-state index contributed by atoms with van der Waals surface area (Å²) in [6, 6.07) is 8.21. The highest BCUT2D eigenvalue weighted by atomic mass is 16.2. The number of carbonyl (C=O) groups excluding carboxylic acids is 1. The molecule has 2 rings (SSSR count). The average molecular weight is 218 g/mol. The lowest BCUT2D eigenvalue weighted by Crippen LogP contribution is -2.36. The molecule has 1 aromatic rings. The predicted molar refractivity (Wildman–Crippen MR) is 65.7 cm³/mol. The molecule has 1 amide bonds. The van der Waals surface area contributed by atoms with Crippen LogP contribution in [0, 0.1) is 0 Å². The summed E-state index contributed by atoms with van der Waals surface area (Å²) in [6.45, 7) is 1.77. The van der Waals surface area contributed by atoms with Gasteiger partial charge < -0.3 is 10.2 Å². The maximum Gasteiger partial charge on any atom is 0.227 e. The van der Waals surface area contributed by atoms with Gasteiger partial charge in [-0.2, -0.15) is 0 Å². The van der Waals surface area contributed by atoms with E-state index in [1.54, 1.807) is 0 Å². The fourth-order valence-electron chi connectivity index (χ4n) is 2.16. The highest BCUT2D eigenvalue weighted by Crippen LogP contribution is 2.27. The third-order valence-electron chi connectivity index (χ3n) is 3.00. The molecular formula is C13H18N2O. The van der Waals surface area contributed by atoms with E-state index in [1.807, 2.05) is 30.1 Å². The second-order valence-electron chi connectivity index (χ2n) is 4.13. The first-order valence-electron chi connectivity index (χ1n) is 5.86. The molecule has 3 nitrogen and oxygen atoms in total. The second kappa shape index (κ2) is 5.12. The minimum absolute atomic E-state index is 0.259. The summed E-state index contributed by atoms with van der Waals surface area (Å²) in [4.78, 5) is 13.8. The standard InChI is InChI=1S/C13H18N2O/c1-14-9-4-10-15-12-6-3-2-5-11(12)7-8-13(15)16/h2-3,5-6,14H,4,7-10H2,1H3. The summed E-state index contributed by atoms with van der Waals surface area (Å²) in [6.07, 6.45) is 2.53. The predicted octanol–water partition coefficient (Wildman–Crippen LogP) is 1.58. The van der Waals surface area contributed by atoms with Gasteiger partial charge in [0.25, 0.3) is 0 Å². The van der Waals surface area contributed by atoms with Crippen LogP contribution < -0.4 is 10.2 Å². The molecule has 0 saturated carbocycles. The van der Waals surface area contributed by atoms with Crippen LogP contribution in [0.15, 0.2) is 24.3 Å². The Bertz CT molecular complexity index is 376. The van der Waals surface area contributed by atoms with Gasteiger partial charge in [0.1, 0.15) is 0 Å². The summed E-state index contributed by atoms with van der Waals surface area (Å²) < 4.78 is 0. The van der Waals surface area contributed by atoms with E-state index >= 15 is 0 Å². The van der Waals surface area contributed by atoms with Gasteiger partial charge >= 0.3 is 0 Å². The molecule has 0 aromatic heterocycles. The van der Waals surface area contributed by atoms with Crippen LogP contribution in [0.3, 0.4) is 0 Å². The van der Waals surface area contributed by atoms with E-state index in [4.69, 9.17) is 0 Å². The molecular weight excluding hydrogens is 200 g/mol. The van der Waals surface area contributed by atoms with Gasteiger partial charge in [-0.25, -0.2) is 0 Å². The van der Waals surface area contributed by atoms with Crippen LogP contribution in [0.5, 0.6) is 0 Å². The van der Waals surface area contributed by atoms with E-state index in [0.29, 0.717) is 6.42 Å². The molecule has 1 aliphatic heterocycles. The van der Waals surface area contributed by atoms with Crippen LogP contribution in [0.25, 0.3) is 0 Å². The third kappa shape index (κ3) is 2.25. The average Bonchev–Trinajstić information content (AvgIpc) is 2.32. The zero-order valence-electron chi connectivity index (χ0n) is 9.70. The Morgan fingerprint density at radius 3 is 2.94 bits per heavy atom. The van der Waals surface area contributed by atoms with Crippen LogP contribution in [0.2, 0.25) is 0 Å². The SMILES string of the molecule is CNCCCN1C(=O)CCc2ccccc21. The van der Waals surface area contributed by atoms with E-state index in [9.17, 15) is 4.79 Å². The number of amides is 1. The molecule has 1 N–H and O–H groups in total. The Kier molecular flexibility index (Phi) is 3.57. The largest absolute Gasteiger partial charge is 0.320 e.